The van der Waals surface area contributed by atoms with E-state index in [-0.39, 0.29) is 17.0 Å². The van der Waals surface area contributed by atoms with Gasteiger partial charge in [0.1, 0.15) is 5.70 Å². The minimum absolute atomic E-state index is 0.103. The highest BCUT2D eigenvalue weighted by molar-refractivity contribution is 6.46. The zero-order valence-corrected chi connectivity index (χ0v) is 17.5. The number of hydrogen-bond acceptors (Lipinski definition) is 3. The van der Waals surface area contributed by atoms with Crippen LogP contribution in [-0.2, 0) is 22.2 Å². The molecular weight excluding hydrogens is 429 g/mol. The number of para-hydroxylation sites is 1. The fraction of sp³-hybridized carbons (Fsp3) is 0.154. The molecule has 33 heavy (non-hydrogen) atoms. The molecule has 0 saturated heterocycles. The van der Waals surface area contributed by atoms with Gasteiger partial charge in [0.2, 0.25) is 0 Å². The molecule has 2 aliphatic heterocycles. The third-order valence-corrected chi connectivity index (χ3v) is 5.95. The number of anilines is 2. The summed E-state index contributed by atoms with van der Waals surface area (Å²) in [6.07, 6.45) is -2.83. The first-order chi connectivity index (χ1) is 15.9. The third kappa shape index (κ3) is 3.59. The number of imide groups is 1. The summed E-state index contributed by atoms with van der Waals surface area (Å²) in [5.74, 6) is -1.10. The highest BCUT2D eigenvalue weighted by atomic mass is 19.4. The highest BCUT2D eigenvalue weighted by Crippen LogP contribution is 2.40. The van der Waals surface area contributed by atoms with Gasteiger partial charge in [-0.1, -0.05) is 48.5 Å². The molecule has 3 aromatic carbocycles. The van der Waals surface area contributed by atoms with Gasteiger partial charge in [-0.2, -0.15) is 13.2 Å². The lowest BCUT2D eigenvalue weighted by molar-refractivity contribution is -0.137. The Morgan fingerprint density at radius 1 is 0.758 bits per heavy atom. The van der Waals surface area contributed by atoms with Crippen molar-refractivity contribution in [2.75, 3.05) is 16.3 Å². The van der Waals surface area contributed by atoms with Crippen molar-refractivity contribution in [3.8, 4) is 0 Å². The number of rotatable bonds is 3. The molecule has 0 unspecified atom stereocenters. The predicted octanol–water partition coefficient (Wildman–Crippen LogP) is 5.44. The van der Waals surface area contributed by atoms with Crippen LogP contribution in [0.4, 0.5) is 24.5 Å². The number of hydrogen-bond donors (Lipinski definition) is 0. The van der Waals surface area contributed by atoms with Gasteiger partial charge in [-0.15, -0.1) is 0 Å². The van der Waals surface area contributed by atoms with Crippen LogP contribution >= 0.6 is 0 Å². The lowest BCUT2D eigenvalue weighted by Crippen LogP contribution is -2.37. The fourth-order valence-electron chi connectivity index (χ4n) is 4.43. The molecule has 3 aromatic rings. The number of fused-ring (bicyclic) bond motifs is 1. The lowest BCUT2D eigenvalue weighted by atomic mass is 9.98. The number of aryl methyl sites for hydroxylation is 1. The van der Waals surface area contributed by atoms with Crippen LogP contribution in [0.3, 0.4) is 0 Å². The van der Waals surface area contributed by atoms with Crippen molar-refractivity contribution < 1.29 is 22.8 Å². The Labute approximate surface area is 188 Å². The molecule has 4 nitrogen and oxygen atoms in total. The number of nitrogens with zero attached hydrogens (tertiary/aromatic N) is 2. The minimum Gasteiger partial charge on any atom is -0.336 e. The maximum absolute atomic E-state index is 13.7. The number of halogens is 3. The molecule has 5 rings (SSSR count). The quantitative estimate of drug-likeness (QED) is 0.501. The Morgan fingerprint density at radius 2 is 1.42 bits per heavy atom. The van der Waals surface area contributed by atoms with Crippen molar-refractivity contribution in [3.63, 3.8) is 0 Å². The van der Waals surface area contributed by atoms with E-state index in [2.05, 4.69) is 0 Å². The molecule has 0 bridgehead atoms. The summed E-state index contributed by atoms with van der Waals surface area (Å²) < 4.78 is 39.1. The van der Waals surface area contributed by atoms with E-state index >= 15 is 0 Å². The number of benzene rings is 3. The maximum Gasteiger partial charge on any atom is 0.416 e. The number of carbonyl (C=O) groups excluding carboxylic acids is 2. The summed E-state index contributed by atoms with van der Waals surface area (Å²) in [6.45, 7) is 0.558. The van der Waals surface area contributed by atoms with E-state index in [1.165, 1.54) is 0 Å². The summed E-state index contributed by atoms with van der Waals surface area (Å²) in [5.41, 5.74) is 2.29. The molecule has 0 aliphatic carbocycles. The normalized spacial score (nSPS) is 16.5. The van der Waals surface area contributed by atoms with Crippen molar-refractivity contribution in [2.24, 2.45) is 0 Å². The van der Waals surface area contributed by atoms with Crippen LogP contribution < -0.4 is 9.80 Å². The second-order valence-corrected chi connectivity index (χ2v) is 7.96. The van der Waals surface area contributed by atoms with E-state index in [9.17, 15) is 22.8 Å². The molecular formula is C26H19F3N2O2. The average molecular weight is 448 g/mol. The Bertz CT molecular complexity index is 1260. The van der Waals surface area contributed by atoms with Crippen molar-refractivity contribution >= 4 is 28.8 Å². The molecule has 0 N–H and O–H groups in total. The molecule has 0 fully saturated rings. The van der Waals surface area contributed by atoms with Gasteiger partial charge in [0.25, 0.3) is 11.8 Å². The minimum atomic E-state index is -4.51. The summed E-state index contributed by atoms with van der Waals surface area (Å²) in [7, 11) is 0. The van der Waals surface area contributed by atoms with Crippen LogP contribution in [0, 0.1) is 0 Å². The third-order valence-electron chi connectivity index (χ3n) is 5.95. The number of amides is 2. The van der Waals surface area contributed by atoms with Gasteiger partial charge in [0.15, 0.2) is 0 Å². The lowest BCUT2D eigenvalue weighted by Gasteiger charge is -2.32. The topological polar surface area (TPSA) is 40.6 Å². The number of alkyl halides is 3. The van der Waals surface area contributed by atoms with E-state index in [0.29, 0.717) is 12.1 Å². The van der Waals surface area contributed by atoms with Gasteiger partial charge in [0, 0.05) is 12.2 Å². The Hall–Kier alpha value is -3.87. The first-order valence-electron chi connectivity index (χ1n) is 10.6. The fourth-order valence-corrected chi connectivity index (χ4v) is 4.43. The Morgan fingerprint density at radius 3 is 2.12 bits per heavy atom. The van der Waals surface area contributed by atoms with Crippen LogP contribution in [0.5, 0.6) is 0 Å². The molecule has 0 aromatic heterocycles. The van der Waals surface area contributed by atoms with Crippen LogP contribution in [0.25, 0.3) is 5.57 Å². The molecule has 2 amide bonds. The monoisotopic (exact) mass is 448 g/mol. The molecule has 0 atom stereocenters. The first kappa shape index (κ1) is 21.0. The van der Waals surface area contributed by atoms with Gasteiger partial charge in [-0.25, -0.2) is 4.90 Å². The van der Waals surface area contributed by atoms with Crippen LogP contribution in [0.1, 0.15) is 23.1 Å². The van der Waals surface area contributed by atoms with Crippen LogP contribution in [0.2, 0.25) is 0 Å². The molecule has 166 valence electrons. The average Bonchev–Trinajstić information content (AvgIpc) is 3.08. The van der Waals surface area contributed by atoms with E-state index in [1.54, 1.807) is 24.3 Å². The van der Waals surface area contributed by atoms with E-state index < -0.39 is 23.6 Å². The van der Waals surface area contributed by atoms with Crippen molar-refractivity contribution in [2.45, 2.75) is 19.0 Å². The zero-order valence-electron chi connectivity index (χ0n) is 17.5. The summed E-state index contributed by atoms with van der Waals surface area (Å²) in [4.78, 5) is 30.1. The molecule has 0 saturated carbocycles. The van der Waals surface area contributed by atoms with Crippen molar-refractivity contribution in [1.82, 2.24) is 0 Å². The van der Waals surface area contributed by atoms with E-state index in [1.807, 2.05) is 35.2 Å². The molecule has 0 spiro atoms. The standard InChI is InChI=1S/C26H19F3N2O2/c27-26(28,29)19-12-14-20(15-13-19)31-24(32)22(18-8-2-1-3-9-18)23(25(31)33)30-16-6-10-17-7-4-5-11-21(17)30/h1-5,7-9,11-15H,6,10,16H2. The van der Waals surface area contributed by atoms with Gasteiger partial charge >= 0.3 is 6.18 Å². The predicted molar refractivity (Wildman–Crippen MR) is 119 cm³/mol. The maximum atomic E-state index is 13.7. The second kappa shape index (κ2) is 7.92. The Kier molecular flexibility index (Phi) is 5.04. The van der Waals surface area contributed by atoms with Gasteiger partial charge in [0.05, 0.1) is 16.8 Å². The van der Waals surface area contributed by atoms with Gasteiger partial charge in [-0.05, 0) is 54.3 Å². The van der Waals surface area contributed by atoms with Crippen LogP contribution in [0.15, 0.2) is 84.6 Å². The van der Waals surface area contributed by atoms with Gasteiger partial charge in [-0.3, -0.25) is 9.59 Å². The van der Waals surface area contributed by atoms with E-state index in [0.717, 1.165) is 53.3 Å². The summed E-state index contributed by atoms with van der Waals surface area (Å²) >= 11 is 0. The highest BCUT2D eigenvalue weighted by Gasteiger charge is 2.43. The van der Waals surface area contributed by atoms with E-state index in [4.69, 9.17) is 0 Å². The smallest absolute Gasteiger partial charge is 0.336 e. The SMILES string of the molecule is O=C1C(c2ccccc2)=C(N2CCCc3ccccc32)C(=O)N1c1ccc(C(F)(F)F)cc1. The summed E-state index contributed by atoms with van der Waals surface area (Å²) in [5, 5.41) is 0. The second-order valence-electron chi connectivity index (χ2n) is 7.96. The molecule has 0 radical (unpaired) electrons. The molecule has 2 heterocycles. The largest absolute Gasteiger partial charge is 0.416 e. The molecule has 7 heteroatoms. The Balaban J connectivity index is 1.63. The first-order valence-corrected chi connectivity index (χ1v) is 10.6. The van der Waals surface area contributed by atoms with Gasteiger partial charge < -0.3 is 4.90 Å². The summed E-state index contributed by atoms with van der Waals surface area (Å²) in [6, 6.07) is 20.7. The molecule has 2 aliphatic rings. The van der Waals surface area contributed by atoms with Crippen molar-refractivity contribution in [3.05, 3.63) is 101 Å². The zero-order chi connectivity index (χ0) is 23.2. The van der Waals surface area contributed by atoms with Crippen LogP contribution in [-0.4, -0.2) is 18.4 Å². The van der Waals surface area contributed by atoms with Crippen molar-refractivity contribution in [1.29, 1.82) is 0 Å². The number of carbonyl (C=O) groups is 2.